The second kappa shape index (κ2) is 7.20. The Morgan fingerprint density at radius 3 is 3.04 bits per heavy atom. The molecule has 1 saturated heterocycles. The van der Waals surface area contributed by atoms with Gasteiger partial charge in [0.05, 0.1) is 0 Å². The van der Waals surface area contributed by atoms with Crippen LogP contribution in [0.3, 0.4) is 0 Å². The van der Waals surface area contributed by atoms with E-state index >= 15 is 0 Å². The highest BCUT2D eigenvalue weighted by molar-refractivity contribution is 5.92. The Morgan fingerprint density at radius 1 is 1.46 bits per heavy atom. The number of carbonyl (C=O) groups excluding carboxylic acids is 1. The Morgan fingerprint density at radius 2 is 2.29 bits per heavy atom. The number of amides is 1. The van der Waals surface area contributed by atoms with Gasteiger partial charge >= 0.3 is 0 Å². The van der Waals surface area contributed by atoms with Crippen molar-refractivity contribution < 1.29 is 9.32 Å². The van der Waals surface area contributed by atoms with Crippen molar-refractivity contribution in [2.24, 2.45) is 5.92 Å². The molecule has 3 heterocycles. The van der Waals surface area contributed by atoms with E-state index in [9.17, 15) is 4.79 Å². The van der Waals surface area contributed by atoms with Crippen molar-refractivity contribution in [1.29, 1.82) is 0 Å². The van der Waals surface area contributed by atoms with Gasteiger partial charge in [-0.25, -0.2) is 4.98 Å². The van der Waals surface area contributed by atoms with E-state index in [1.807, 2.05) is 17.3 Å². The van der Waals surface area contributed by atoms with Crippen molar-refractivity contribution in [2.75, 3.05) is 13.1 Å². The predicted octanol–water partition coefficient (Wildman–Crippen LogP) is 3.11. The lowest BCUT2D eigenvalue weighted by molar-refractivity contribution is 0.0693. The van der Waals surface area contributed by atoms with Gasteiger partial charge in [-0.3, -0.25) is 4.79 Å². The summed E-state index contributed by atoms with van der Waals surface area (Å²) >= 11 is 0. The van der Waals surface area contributed by atoms with Crippen LogP contribution < -0.4 is 0 Å². The van der Waals surface area contributed by atoms with Crippen LogP contribution in [0.5, 0.6) is 0 Å². The molecule has 0 aliphatic carbocycles. The Labute approximate surface area is 142 Å². The minimum Gasteiger partial charge on any atom is -0.361 e. The second-order valence-electron chi connectivity index (χ2n) is 6.94. The molecule has 130 valence electrons. The first kappa shape index (κ1) is 16.7. The highest BCUT2D eigenvalue weighted by atomic mass is 16.5. The SMILES string of the molecule is CCn1ccnc1C1CCCN(C(=O)c2cc(CC(C)C)on2)C1. The van der Waals surface area contributed by atoms with Gasteiger partial charge in [0.1, 0.15) is 11.6 Å². The second-order valence-corrected chi connectivity index (χ2v) is 6.94. The van der Waals surface area contributed by atoms with Crippen molar-refractivity contribution >= 4 is 5.91 Å². The van der Waals surface area contributed by atoms with E-state index in [1.165, 1.54) is 0 Å². The Kier molecular flexibility index (Phi) is 5.02. The van der Waals surface area contributed by atoms with Gasteiger partial charge in [0.15, 0.2) is 5.69 Å². The van der Waals surface area contributed by atoms with Crippen LogP contribution in [0.25, 0.3) is 0 Å². The van der Waals surface area contributed by atoms with E-state index in [2.05, 4.69) is 35.5 Å². The number of hydrogen-bond acceptors (Lipinski definition) is 4. The molecule has 0 saturated carbocycles. The van der Waals surface area contributed by atoms with Gasteiger partial charge in [-0.15, -0.1) is 0 Å². The van der Waals surface area contributed by atoms with Gasteiger partial charge in [0, 0.05) is 50.4 Å². The average molecular weight is 330 g/mol. The van der Waals surface area contributed by atoms with Crippen LogP contribution in [0.1, 0.15) is 61.6 Å². The molecule has 1 aliphatic rings. The zero-order valence-electron chi connectivity index (χ0n) is 14.7. The van der Waals surface area contributed by atoms with Crippen LogP contribution >= 0.6 is 0 Å². The monoisotopic (exact) mass is 330 g/mol. The lowest BCUT2D eigenvalue weighted by atomic mass is 9.96. The molecule has 6 heteroatoms. The lowest BCUT2D eigenvalue weighted by Gasteiger charge is -2.32. The number of aromatic nitrogens is 3. The topological polar surface area (TPSA) is 64.2 Å². The Bertz CT molecular complexity index is 689. The first-order chi connectivity index (χ1) is 11.6. The quantitative estimate of drug-likeness (QED) is 0.845. The fourth-order valence-electron chi connectivity index (χ4n) is 3.39. The third-order valence-corrected chi connectivity index (χ3v) is 4.55. The predicted molar refractivity (Wildman–Crippen MR) is 90.8 cm³/mol. The molecule has 2 aromatic heterocycles. The van der Waals surface area contributed by atoms with Crippen molar-refractivity contribution in [1.82, 2.24) is 19.6 Å². The molecule has 1 unspecified atom stereocenters. The van der Waals surface area contributed by atoms with Crippen molar-refractivity contribution in [2.45, 2.75) is 52.5 Å². The molecular weight excluding hydrogens is 304 g/mol. The molecule has 0 N–H and O–H groups in total. The van der Waals surface area contributed by atoms with Crippen LogP contribution in [-0.4, -0.2) is 38.6 Å². The number of rotatable bonds is 5. The van der Waals surface area contributed by atoms with Crippen LogP contribution in [0, 0.1) is 5.92 Å². The molecule has 2 aromatic rings. The fourth-order valence-corrected chi connectivity index (χ4v) is 3.39. The molecular formula is C18H26N4O2. The van der Waals surface area contributed by atoms with Gasteiger partial charge in [-0.1, -0.05) is 19.0 Å². The molecule has 0 radical (unpaired) electrons. The summed E-state index contributed by atoms with van der Waals surface area (Å²) in [6.45, 7) is 8.73. The molecule has 6 nitrogen and oxygen atoms in total. The number of imidazole rings is 1. The Hall–Kier alpha value is -2.11. The first-order valence-electron chi connectivity index (χ1n) is 8.84. The molecule has 1 aliphatic heterocycles. The number of aryl methyl sites for hydroxylation is 1. The largest absolute Gasteiger partial charge is 0.361 e. The van der Waals surface area contributed by atoms with Gasteiger partial charge in [0.2, 0.25) is 0 Å². The zero-order valence-corrected chi connectivity index (χ0v) is 14.7. The summed E-state index contributed by atoms with van der Waals surface area (Å²) in [7, 11) is 0. The highest BCUT2D eigenvalue weighted by Gasteiger charge is 2.29. The van der Waals surface area contributed by atoms with Gasteiger partial charge in [0.25, 0.3) is 5.91 Å². The summed E-state index contributed by atoms with van der Waals surface area (Å²) in [5, 5.41) is 3.98. The van der Waals surface area contributed by atoms with E-state index in [-0.39, 0.29) is 5.91 Å². The van der Waals surface area contributed by atoms with Gasteiger partial charge in [-0.05, 0) is 25.7 Å². The number of piperidine rings is 1. The van der Waals surface area contributed by atoms with Gasteiger partial charge < -0.3 is 14.0 Å². The summed E-state index contributed by atoms with van der Waals surface area (Å²) in [6, 6.07) is 1.79. The third kappa shape index (κ3) is 3.52. The standard InChI is InChI=1S/C18H26N4O2/c1-4-21-9-7-19-17(21)14-6-5-8-22(12-14)18(23)16-11-15(24-20-16)10-13(2)3/h7,9,11,13-14H,4-6,8,10,12H2,1-3H3. The normalized spacial score (nSPS) is 18.3. The number of nitrogens with zero attached hydrogens (tertiary/aromatic N) is 4. The Balaban J connectivity index is 1.70. The third-order valence-electron chi connectivity index (χ3n) is 4.55. The summed E-state index contributed by atoms with van der Waals surface area (Å²) < 4.78 is 7.47. The number of hydrogen-bond donors (Lipinski definition) is 0. The molecule has 1 atom stereocenters. The average Bonchev–Trinajstić information content (AvgIpc) is 3.22. The molecule has 1 amide bonds. The summed E-state index contributed by atoms with van der Waals surface area (Å²) in [6.07, 6.45) is 6.71. The van der Waals surface area contributed by atoms with Crippen molar-refractivity contribution in [3.05, 3.63) is 35.7 Å². The first-order valence-corrected chi connectivity index (χ1v) is 8.84. The summed E-state index contributed by atoms with van der Waals surface area (Å²) in [4.78, 5) is 19.1. The van der Waals surface area contributed by atoms with E-state index in [0.717, 1.165) is 43.9 Å². The fraction of sp³-hybridized carbons (Fsp3) is 0.611. The maximum absolute atomic E-state index is 12.7. The molecule has 24 heavy (non-hydrogen) atoms. The van der Waals surface area contributed by atoms with Crippen LogP contribution in [-0.2, 0) is 13.0 Å². The van der Waals surface area contributed by atoms with Crippen molar-refractivity contribution in [3.8, 4) is 0 Å². The van der Waals surface area contributed by atoms with Crippen LogP contribution in [0.15, 0.2) is 23.0 Å². The molecule has 1 fully saturated rings. The maximum atomic E-state index is 12.7. The lowest BCUT2D eigenvalue weighted by Crippen LogP contribution is -2.39. The minimum atomic E-state index is -0.0342. The molecule has 0 aromatic carbocycles. The molecule has 0 spiro atoms. The smallest absolute Gasteiger partial charge is 0.276 e. The van der Waals surface area contributed by atoms with E-state index in [4.69, 9.17) is 4.52 Å². The zero-order chi connectivity index (χ0) is 17.1. The van der Waals surface area contributed by atoms with E-state index in [1.54, 1.807) is 6.07 Å². The molecule has 3 rings (SSSR count). The van der Waals surface area contributed by atoms with Gasteiger partial charge in [-0.2, -0.15) is 0 Å². The van der Waals surface area contributed by atoms with Crippen molar-refractivity contribution in [3.63, 3.8) is 0 Å². The van der Waals surface area contributed by atoms with Crippen LogP contribution in [0.2, 0.25) is 0 Å². The van der Waals surface area contributed by atoms with Crippen LogP contribution in [0.4, 0.5) is 0 Å². The number of carbonyl (C=O) groups is 1. The van der Waals surface area contributed by atoms with E-state index in [0.29, 0.717) is 24.1 Å². The summed E-state index contributed by atoms with van der Waals surface area (Å²) in [5.41, 5.74) is 0.421. The molecule has 0 bridgehead atoms. The highest BCUT2D eigenvalue weighted by Crippen LogP contribution is 2.27. The number of likely N-dealkylation sites (tertiary alicyclic amines) is 1. The summed E-state index contributed by atoms with van der Waals surface area (Å²) in [5.74, 6) is 2.60. The van der Waals surface area contributed by atoms with E-state index < -0.39 is 0 Å². The maximum Gasteiger partial charge on any atom is 0.276 e. The minimum absolute atomic E-state index is 0.0342.